The molecule has 2 fully saturated rings. The minimum atomic E-state index is -0.0942. The van der Waals surface area contributed by atoms with E-state index in [2.05, 4.69) is 22.0 Å². The molecule has 0 N–H and O–H groups in total. The van der Waals surface area contributed by atoms with Gasteiger partial charge in [0.1, 0.15) is 5.69 Å². The number of hydrogen-bond acceptors (Lipinski definition) is 4. The van der Waals surface area contributed by atoms with Crippen LogP contribution in [0.1, 0.15) is 46.5 Å². The number of benzene rings is 1. The molecule has 0 unspecified atom stereocenters. The molecule has 0 atom stereocenters. The van der Waals surface area contributed by atoms with Crippen LogP contribution in [0.3, 0.4) is 0 Å². The van der Waals surface area contributed by atoms with Crippen LogP contribution in [-0.2, 0) is 0 Å². The SMILES string of the molecule is O=C(c1ccnc(C(=O)N2CCN(c3ccccc3)CC2)c1)N1CCCCCC1. The fraction of sp³-hybridized carbons (Fsp3) is 0.435. The van der Waals surface area contributed by atoms with Gasteiger partial charge in [0, 0.05) is 56.7 Å². The van der Waals surface area contributed by atoms with Crippen molar-refractivity contribution < 1.29 is 9.59 Å². The third-order valence-corrected chi connectivity index (χ3v) is 5.81. The number of carbonyl (C=O) groups is 2. The highest BCUT2D eigenvalue weighted by Crippen LogP contribution is 2.18. The number of rotatable bonds is 3. The molecule has 152 valence electrons. The Kier molecular flexibility index (Phi) is 6.08. The number of nitrogens with zero attached hydrogens (tertiary/aromatic N) is 4. The van der Waals surface area contributed by atoms with Crippen molar-refractivity contribution in [3.63, 3.8) is 0 Å². The Morgan fingerprint density at radius 3 is 2.07 bits per heavy atom. The van der Waals surface area contributed by atoms with Crippen molar-refractivity contribution >= 4 is 17.5 Å². The van der Waals surface area contributed by atoms with E-state index in [0.29, 0.717) is 24.3 Å². The molecule has 2 aliphatic rings. The van der Waals surface area contributed by atoms with Crippen LogP contribution in [0.2, 0.25) is 0 Å². The zero-order chi connectivity index (χ0) is 20.1. The van der Waals surface area contributed by atoms with Crippen molar-refractivity contribution in [2.45, 2.75) is 25.7 Å². The van der Waals surface area contributed by atoms with Crippen molar-refractivity contribution in [3.05, 3.63) is 59.9 Å². The van der Waals surface area contributed by atoms with E-state index in [-0.39, 0.29) is 11.8 Å². The molecule has 0 aliphatic carbocycles. The Hall–Kier alpha value is -2.89. The molecule has 3 heterocycles. The molecule has 0 radical (unpaired) electrons. The first-order valence-electron chi connectivity index (χ1n) is 10.6. The standard InChI is InChI=1S/C23H28N4O2/c28-22(26-12-6-1-2-7-13-26)19-10-11-24-21(18-19)23(29)27-16-14-25(15-17-27)20-8-4-3-5-9-20/h3-5,8-11,18H,1-2,6-7,12-17H2. The summed E-state index contributed by atoms with van der Waals surface area (Å²) in [5.74, 6) is -0.0829. The molecule has 0 bridgehead atoms. The fourth-order valence-corrected chi connectivity index (χ4v) is 4.11. The van der Waals surface area contributed by atoms with Gasteiger partial charge in [0.25, 0.3) is 11.8 Å². The van der Waals surface area contributed by atoms with Gasteiger partial charge >= 0.3 is 0 Å². The average molecular weight is 393 g/mol. The van der Waals surface area contributed by atoms with Crippen LogP contribution in [0.5, 0.6) is 0 Å². The average Bonchev–Trinajstić information content (AvgIpc) is 3.08. The maximum absolute atomic E-state index is 13.0. The monoisotopic (exact) mass is 392 g/mol. The zero-order valence-electron chi connectivity index (χ0n) is 16.8. The first-order chi connectivity index (χ1) is 14.2. The summed E-state index contributed by atoms with van der Waals surface area (Å²) in [5.41, 5.74) is 2.11. The molecule has 0 spiro atoms. The highest BCUT2D eigenvalue weighted by molar-refractivity contribution is 5.98. The summed E-state index contributed by atoms with van der Waals surface area (Å²) < 4.78 is 0. The van der Waals surface area contributed by atoms with Crippen molar-refractivity contribution in [1.82, 2.24) is 14.8 Å². The summed E-state index contributed by atoms with van der Waals surface area (Å²) in [7, 11) is 0. The normalized spacial score (nSPS) is 17.7. The fourth-order valence-electron chi connectivity index (χ4n) is 4.11. The second-order valence-corrected chi connectivity index (χ2v) is 7.75. The number of amides is 2. The van der Waals surface area contributed by atoms with E-state index in [1.54, 1.807) is 18.3 Å². The van der Waals surface area contributed by atoms with Gasteiger partial charge in [0.2, 0.25) is 0 Å². The molecule has 1 aromatic carbocycles. The van der Waals surface area contributed by atoms with Crippen LogP contribution in [0.15, 0.2) is 48.7 Å². The van der Waals surface area contributed by atoms with E-state index in [1.165, 1.54) is 18.5 Å². The van der Waals surface area contributed by atoms with E-state index in [1.807, 2.05) is 28.0 Å². The van der Waals surface area contributed by atoms with Gasteiger partial charge in [-0.3, -0.25) is 14.6 Å². The highest BCUT2D eigenvalue weighted by Gasteiger charge is 2.24. The number of carbonyl (C=O) groups excluding carboxylic acids is 2. The molecule has 2 aromatic rings. The maximum atomic E-state index is 13.0. The molecular formula is C23H28N4O2. The number of aromatic nitrogens is 1. The third kappa shape index (κ3) is 4.58. The summed E-state index contributed by atoms with van der Waals surface area (Å²) in [6.45, 7) is 4.49. The molecule has 2 aliphatic heterocycles. The second kappa shape index (κ2) is 9.07. The van der Waals surface area contributed by atoms with Crippen LogP contribution >= 0.6 is 0 Å². The molecule has 1 aromatic heterocycles. The lowest BCUT2D eigenvalue weighted by atomic mass is 10.1. The first kappa shape index (κ1) is 19.4. The van der Waals surface area contributed by atoms with Crippen molar-refractivity contribution in [3.8, 4) is 0 Å². The van der Waals surface area contributed by atoms with Gasteiger partial charge in [-0.2, -0.15) is 0 Å². The Labute approximate surface area is 172 Å². The van der Waals surface area contributed by atoms with Crippen LogP contribution in [0, 0.1) is 0 Å². The highest BCUT2D eigenvalue weighted by atomic mass is 16.2. The smallest absolute Gasteiger partial charge is 0.272 e. The van der Waals surface area contributed by atoms with Crippen molar-refractivity contribution in [2.24, 2.45) is 0 Å². The van der Waals surface area contributed by atoms with E-state index in [0.717, 1.165) is 39.0 Å². The van der Waals surface area contributed by atoms with Crippen LogP contribution in [0.25, 0.3) is 0 Å². The van der Waals surface area contributed by atoms with E-state index in [9.17, 15) is 9.59 Å². The van der Waals surface area contributed by atoms with Gasteiger partial charge in [-0.15, -0.1) is 0 Å². The van der Waals surface area contributed by atoms with Crippen molar-refractivity contribution in [2.75, 3.05) is 44.2 Å². The van der Waals surface area contributed by atoms with Crippen LogP contribution in [-0.4, -0.2) is 65.9 Å². The Bertz CT molecular complexity index is 839. The number of anilines is 1. The van der Waals surface area contributed by atoms with E-state index in [4.69, 9.17) is 0 Å². The molecule has 0 saturated carbocycles. The van der Waals surface area contributed by atoms with E-state index < -0.39 is 0 Å². The minimum Gasteiger partial charge on any atom is -0.368 e. The topological polar surface area (TPSA) is 56.8 Å². The molecule has 6 nitrogen and oxygen atoms in total. The lowest BCUT2D eigenvalue weighted by Crippen LogP contribution is -2.49. The van der Waals surface area contributed by atoms with Gasteiger partial charge in [0.05, 0.1) is 0 Å². The summed E-state index contributed by atoms with van der Waals surface area (Å²) in [4.78, 5) is 36.1. The molecular weight excluding hydrogens is 364 g/mol. The lowest BCUT2D eigenvalue weighted by Gasteiger charge is -2.36. The summed E-state index contributed by atoms with van der Waals surface area (Å²) >= 11 is 0. The first-order valence-corrected chi connectivity index (χ1v) is 10.6. The van der Waals surface area contributed by atoms with Gasteiger partial charge < -0.3 is 14.7 Å². The summed E-state index contributed by atoms with van der Waals surface area (Å²) in [6.07, 6.45) is 6.04. The van der Waals surface area contributed by atoms with Gasteiger partial charge in [-0.1, -0.05) is 31.0 Å². The zero-order valence-corrected chi connectivity index (χ0v) is 16.8. The van der Waals surface area contributed by atoms with Gasteiger partial charge in [0.15, 0.2) is 0 Å². The lowest BCUT2D eigenvalue weighted by molar-refractivity contribution is 0.0740. The molecule has 4 rings (SSSR count). The summed E-state index contributed by atoms with van der Waals surface area (Å²) in [5, 5.41) is 0. The quantitative estimate of drug-likeness (QED) is 0.806. The predicted octanol–water partition coefficient (Wildman–Crippen LogP) is 3.06. The second-order valence-electron chi connectivity index (χ2n) is 7.75. The molecule has 6 heteroatoms. The van der Waals surface area contributed by atoms with Gasteiger partial charge in [-0.25, -0.2) is 0 Å². The minimum absolute atomic E-state index is 0.0113. The number of likely N-dealkylation sites (tertiary alicyclic amines) is 1. The number of pyridine rings is 1. The maximum Gasteiger partial charge on any atom is 0.272 e. The number of piperazine rings is 1. The number of para-hydroxylation sites is 1. The predicted molar refractivity (Wildman–Crippen MR) is 113 cm³/mol. The largest absolute Gasteiger partial charge is 0.368 e. The van der Waals surface area contributed by atoms with E-state index >= 15 is 0 Å². The molecule has 2 amide bonds. The Morgan fingerprint density at radius 1 is 0.724 bits per heavy atom. The summed E-state index contributed by atoms with van der Waals surface area (Å²) in [6, 6.07) is 13.6. The van der Waals surface area contributed by atoms with Crippen LogP contribution < -0.4 is 4.90 Å². The molecule has 29 heavy (non-hydrogen) atoms. The molecule has 2 saturated heterocycles. The third-order valence-electron chi connectivity index (χ3n) is 5.81. The Balaban J connectivity index is 1.40. The number of hydrogen-bond donors (Lipinski definition) is 0. The van der Waals surface area contributed by atoms with Gasteiger partial charge in [-0.05, 0) is 37.1 Å². The van der Waals surface area contributed by atoms with Crippen LogP contribution in [0.4, 0.5) is 5.69 Å². The van der Waals surface area contributed by atoms with Crippen molar-refractivity contribution in [1.29, 1.82) is 0 Å². The Morgan fingerprint density at radius 2 is 1.38 bits per heavy atom.